The maximum atomic E-state index is 4.81. The van der Waals surface area contributed by atoms with Gasteiger partial charge in [-0.3, -0.25) is 0 Å². The van der Waals surface area contributed by atoms with Crippen molar-refractivity contribution in [1.82, 2.24) is 9.97 Å². The van der Waals surface area contributed by atoms with Crippen molar-refractivity contribution in [2.24, 2.45) is 0 Å². The maximum absolute atomic E-state index is 4.81. The Kier molecular flexibility index (Phi) is 3.91. The van der Waals surface area contributed by atoms with Crippen molar-refractivity contribution in [3.05, 3.63) is 63.1 Å². The molecular weight excluding hydrogens is 370 g/mol. The van der Waals surface area contributed by atoms with Gasteiger partial charge in [0.25, 0.3) is 0 Å². The number of anilines is 1. The molecule has 1 aliphatic rings. The second-order valence-electron chi connectivity index (χ2n) is 5.72. The van der Waals surface area contributed by atoms with Crippen LogP contribution in [0.1, 0.15) is 16.8 Å². The Bertz CT molecular complexity index is 845. The maximum Gasteiger partial charge on any atom is 0.171 e. The first-order valence-electron chi connectivity index (χ1n) is 7.61. The highest BCUT2D eigenvalue weighted by Gasteiger charge is 2.20. The molecule has 3 nitrogen and oxygen atoms in total. The Hall–Kier alpha value is -1.72. The predicted octanol–water partition coefficient (Wildman–Crippen LogP) is 4.84. The molecule has 1 aromatic carbocycles. The third-order valence-corrected chi connectivity index (χ3v) is 5.73. The summed E-state index contributed by atoms with van der Waals surface area (Å²) in [5.74, 6) is 1.84. The molecule has 116 valence electrons. The van der Waals surface area contributed by atoms with E-state index in [9.17, 15) is 0 Å². The molecule has 0 saturated heterocycles. The van der Waals surface area contributed by atoms with Crippen LogP contribution >= 0.6 is 27.3 Å². The Morgan fingerprint density at radius 2 is 2.09 bits per heavy atom. The van der Waals surface area contributed by atoms with E-state index in [1.54, 1.807) is 11.3 Å². The number of fused-ring (bicyclic) bond motifs is 1. The standard InChI is InChI=1S/C18H16BrN3S/c1-12-10-17(21-18(20-12)16-6-3-9-23-16)22-8-7-13-4-2-5-15(19)14(13)11-22/h2-6,9-10H,7-8,11H2,1H3. The third-order valence-electron chi connectivity index (χ3n) is 4.12. The molecule has 0 N–H and O–H groups in total. The molecule has 4 rings (SSSR count). The van der Waals surface area contributed by atoms with Crippen molar-refractivity contribution in [3.63, 3.8) is 0 Å². The van der Waals surface area contributed by atoms with Crippen molar-refractivity contribution in [2.45, 2.75) is 19.9 Å². The van der Waals surface area contributed by atoms with E-state index in [0.717, 1.165) is 41.7 Å². The van der Waals surface area contributed by atoms with Crippen LogP contribution in [-0.2, 0) is 13.0 Å². The number of nitrogens with zero attached hydrogens (tertiary/aromatic N) is 3. The highest BCUT2D eigenvalue weighted by molar-refractivity contribution is 9.10. The van der Waals surface area contributed by atoms with Crippen molar-refractivity contribution in [3.8, 4) is 10.7 Å². The highest BCUT2D eigenvalue weighted by atomic mass is 79.9. The minimum absolute atomic E-state index is 0.827. The van der Waals surface area contributed by atoms with Gasteiger partial charge in [0, 0.05) is 29.3 Å². The second kappa shape index (κ2) is 6.06. The topological polar surface area (TPSA) is 29.0 Å². The number of hydrogen-bond donors (Lipinski definition) is 0. The summed E-state index contributed by atoms with van der Waals surface area (Å²) in [4.78, 5) is 12.9. The molecule has 0 atom stereocenters. The molecule has 5 heteroatoms. The summed E-state index contributed by atoms with van der Waals surface area (Å²) in [6, 6.07) is 12.6. The molecule has 0 spiro atoms. The van der Waals surface area contributed by atoms with E-state index >= 15 is 0 Å². The minimum atomic E-state index is 0.827. The molecule has 23 heavy (non-hydrogen) atoms. The van der Waals surface area contributed by atoms with Crippen LogP contribution in [0.3, 0.4) is 0 Å². The van der Waals surface area contributed by atoms with Gasteiger partial charge < -0.3 is 4.90 Å². The molecule has 0 fully saturated rings. The molecule has 0 unspecified atom stereocenters. The number of aryl methyl sites for hydroxylation is 1. The first-order valence-corrected chi connectivity index (χ1v) is 9.29. The molecule has 0 saturated carbocycles. The zero-order valence-electron chi connectivity index (χ0n) is 12.8. The molecule has 0 bridgehead atoms. The SMILES string of the molecule is Cc1cc(N2CCc3cccc(Br)c3C2)nc(-c2cccs2)n1. The molecule has 1 aliphatic heterocycles. The van der Waals surface area contributed by atoms with Crippen LogP contribution in [0.15, 0.2) is 46.3 Å². The van der Waals surface area contributed by atoms with Crippen molar-refractivity contribution >= 4 is 33.1 Å². The lowest BCUT2D eigenvalue weighted by molar-refractivity contribution is 0.716. The Morgan fingerprint density at radius 3 is 2.91 bits per heavy atom. The smallest absolute Gasteiger partial charge is 0.171 e. The van der Waals surface area contributed by atoms with Crippen molar-refractivity contribution in [2.75, 3.05) is 11.4 Å². The predicted molar refractivity (Wildman–Crippen MR) is 99.0 cm³/mol. The number of benzene rings is 1. The fraction of sp³-hybridized carbons (Fsp3) is 0.222. The Balaban J connectivity index is 1.70. The van der Waals surface area contributed by atoms with Gasteiger partial charge in [-0.15, -0.1) is 11.3 Å². The lowest BCUT2D eigenvalue weighted by Gasteiger charge is -2.30. The van der Waals surface area contributed by atoms with Crippen LogP contribution in [0.5, 0.6) is 0 Å². The zero-order chi connectivity index (χ0) is 15.8. The van der Waals surface area contributed by atoms with E-state index in [0.29, 0.717) is 0 Å². The molecule has 0 amide bonds. The number of thiophene rings is 1. The summed E-state index contributed by atoms with van der Waals surface area (Å²) in [6.45, 7) is 3.91. The molecule has 0 radical (unpaired) electrons. The third kappa shape index (κ3) is 2.91. The number of aromatic nitrogens is 2. The van der Waals surface area contributed by atoms with E-state index in [4.69, 9.17) is 4.98 Å². The molecular formula is C18H16BrN3S. The van der Waals surface area contributed by atoms with Crippen molar-refractivity contribution in [1.29, 1.82) is 0 Å². The van der Waals surface area contributed by atoms with Gasteiger partial charge in [-0.1, -0.05) is 34.1 Å². The summed E-state index contributed by atoms with van der Waals surface area (Å²) < 4.78 is 1.18. The van der Waals surface area contributed by atoms with Gasteiger partial charge >= 0.3 is 0 Å². The highest BCUT2D eigenvalue weighted by Crippen LogP contribution is 2.30. The lowest BCUT2D eigenvalue weighted by atomic mass is 10.00. The summed E-state index contributed by atoms with van der Waals surface area (Å²) in [5, 5.41) is 2.06. The van der Waals surface area contributed by atoms with Crippen LogP contribution in [0.25, 0.3) is 10.7 Å². The summed E-state index contributed by atoms with van der Waals surface area (Å²) in [5.41, 5.74) is 3.81. The van der Waals surface area contributed by atoms with Crippen LogP contribution in [0.2, 0.25) is 0 Å². The van der Waals surface area contributed by atoms with Crippen LogP contribution in [0.4, 0.5) is 5.82 Å². The minimum Gasteiger partial charge on any atom is -0.352 e. The first kappa shape index (κ1) is 14.8. The van der Waals surface area contributed by atoms with Crippen LogP contribution in [0, 0.1) is 6.92 Å². The molecule has 3 heterocycles. The van der Waals surface area contributed by atoms with E-state index < -0.39 is 0 Å². The van der Waals surface area contributed by atoms with E-state index in [1.807, 2.05) is 13.0 Å². The fourth-order valence-electron chi connectivity index (χ4n) is 2.97. The van der Waals surface area contributed by atoms with Gasteiger partial charge in [-0.25, -0.2) is 9.97 Å². The summed E-state index contributed by atoms with van der Waals surface area (Å²) >= 11 is 5.36. The van der Waals surface area contributed by atoms with Gasteiger partial charge in [0.05, 0.1) is 4.88 Å². The summed E-state index contributed by atoms with van der Waals surface area (Å²) in [7, 11) is 0. The van der Waals surface area contributed by atoms with E-state index in [-0.39, 0.29) is 0 Å². The first-order chi connectivity index (χ1) is 11.2. The van der Waals surface area contributed by atoms with Crippen LogP contribution in [-0.4, -0.2) is 16.5 Å². The molecule has 3 aromatic rings. The van der Waals surface area contributed by atoms with E-state index in [1.165, 1.54) is 15.6 Å². The lowest BCUT2D eigenvalue weighted by Crippen LogP contribution is -2.31. The molecule has 2 aromatic heterocycles. The normalized spacial score (nSPS) is 13.9. The Morgan fingerprint density at radius 1 is 1.17 bits per heavy atom. The number of hydrogen-bond acceptors (Lipinski definition) is 4. The largest absolute Gasteiger partial charge is 0.352 e. The average Bonchev–Trinajstić information content (AvgIpc) is 3.09. The number of halogens is 1. The van der Waals surface area contributed by atoms with E-state index in [2.05, 4.69) is 61.5 Å². The quantitative estimate of drug-likeness (QED) is 0.631. The van der Waals surface area contributed by atoms with Gasteiger partial charge in [-0.05, 0) is 42.0 Å². The summed E-state index contributed by atoms with van der Waals surface area (Å²) in [6.07, 6.45) is 1.05. The van der Waals surface area contributed by atoms with Crippen LogP contribution < -0.4 is 4.90 Å². The number of rotatable bonds is 2. The zero-order valence-corrected chi connectivity index (χ0v) is 15.2. The van der Waals surface area contributed by atoms with Crippen molar-refractivity contribution < 1.29 is 0 Å². The van der Waals surface area contributed by atoms with Gasteiger partial charge in [0.15, 0.2) is 5.82 Å². The second-order valence-corrected chi connectivity index (χ2v) is 7.52. The van der Waals surface area contributed by atoms with Gasteiger partial charge in [0.1, 0.15) is 5.82 Å². The monoisotopic (exact) mass is 385 g/mol. The molecule has 0 aliphatic carbocycles. The fourth-order valence-corrected chi connectivity index (χ4v) is 4.16. The van der Waals surface area contributed by atoms with Gasteiger partial charge in [-0.2, -0.15) is 0 Å². The van der Waals surface area contributed by atoms with Gasteiger partial charge in [0.2, 0.25) is 0 Å². The average molecular weight is 386 g/mol. The Labute approximate surface area is 148 Å².